The summed E-state index contributed by atoms with van der Waals surface area (Å²) in [6.07, 6.45) is 0. The van der Waals surface area contributed by atoms with E-state index in [1.54, 1.807) is 7.11 Å². The van der Waals surface area contributed by atoms with Gasteiger partial charge in [0, 0.05) is 18.0 Å². The molecule has 6 nitrogen and oxygen atoms in total. The lowest BCUT2D eigenvalue weighted by molar-refractivity contribution is 0.415. The third-order valence-corrected chi connectivity index (χ3v) is 2.66. The quantitative estimate of drug-likeness (QED) is 0.480. The maximum absolute atomic E-state index is 5.70. The van der Waals surface area contributed by atoms with Gasteiger partial charge >= 0.3 is 0 Å². The van der Waals surface area contributed by atoms with Crippen molar-refractivity contribution < 1.29 is 4.74 Å². The van der Waals surface area contributed by atoms with Crippen LogP contribution in [0, 0.1) is 6.92 Å². The average Bonchev–Trinajstić information content (AvgIpc) is 2.38. The van der Waals surface area contributed by atoms with Gasteiger partial charge in [0.25, 0.3) is 0 Å². The van der Waals surface area contributed by atoms with Gasteiger partial charge < -0.3 is 10.5 Å². The Kier molecular flexibility index (Phi) is 5.93. The summed E-state index contributed by atoms with van der Waals surface area (Å²) in [6.45, 7) is 4.44. The van der Waals surface area contributed by atoms with Crippen molar-refractivity contribution in [3.8, 4) is 5.75 Å². The number of hydrogen-bond donors (Lipinski definition) is 2. The number of aromatic nitrogens is 2. The summed E-state index contributed by atoms with van der Waals surface area (Å²) < 4.78 is 5.19. The molecule has 0 aliphatic heterocycles. The van der Waals surface area contributed by atoms with Crippen molar-refractivity contribution in [1.29, 1.82) is 0 Å². The zero-order chi connectivity index (χ0) is 13.8. The summed E-state index contributed by atoms with van der Waals surface area (Å²) >= 11 is 0. The van der Waals surface area contributed by atoms with Gasteiger partial charge in [-0.05, 0) is 26.0 Å². The molecule has 1 aromatic heterocycles. The fourth-order valence-corrected chi connectivity index (χ4v) is 1.78. The fraction of sp³-hybridized carbons (Fsp3) is 0.308. The van der Waals surface area contributed by atoms with Crippen molar-refractivity contribution in [3.05, 3.63) is 23.9 Å². The molecule has 0 fully saturated rings. The van der Waals surface area contributed by atoms with Gasteiger partial charge in [0.1, 0.15) is 5.75 Å². The SMILES string of the molecule is CCN=C(N)Nc1nc(C)c2ccc(OC)cc2n1.I. The number of nitrogens with zero attached hydrogens (tertiary/aromatic N) is 3. The normalized spacial score (nSPS) is 11.1. The lowest BCUT2D eigenvalue weighted by Crippen LogP contribution is -2.24. The number of nitrogens with two attached hydrogens (primary N) is 1. The van der Waals surface area contributed by atoms with Crippen LogP contribution >= 0.6 is 24.0 Å². The summed E-state index contributed by atoms with van der Waals surface area (Å²) in [7, 11) is 1.63. The Bertz CT molecular complexity index is 629. The maximum atomic E-state index is 5.70. The van der Waals surface area contributed by atoms with Gasteiger partial charge in [-0.1, -0.05) is 0 Å². The number of aryl methyl sites for hydroxylation is 1. The zero-order valence-electron chi connectivity index (χ0n) is 11.7. The molecule has 0 amide bonds. The largest absolute Gasteiger partial charge is 0.497 e. The van der Waals surface area contributed by atoms with E-state index in [2.05, 4.69) is 20.3 Å². The van der Waals surface area contributed by atoms with Gasteiger partial charge in [-0.25, -0.2) is 9.97 Å². The molecule has 0 saturated carbocycles. The number of methoxy groups -OCH3 is 1. The van der Waals surface area contributed by atoms with Crippen molar-refractivity contribution in [2.24, 2.45) is 10.7 Å². The van der Waals surface area contributed by atoms with Crippen LogP contribution in [-0.2, 0) is 0 Å². The lowest BCUT2D eigenvalue weighted by atomic mass is 10.2. The van der Waals surface area contributed by atoms with Crippen molar-refractivity contribution in [1.82, 2.24) is 9.97 Å². The molecule has 0 spiro atoms. The molecule has 7 heteroatoms. The number of halogens is 1. The van der Waals surface area contributed by atoms with Crippen LogP contribution in [0.4, 0.5) is 5.95 Å². The summed E-state index contributed by atoms with van der Waals surface area (Å²) in [5, 5.41) is 3.86. The Morgan fingerprint density at radius 1 is 1.40 bits per heavy atom. The Hall–Kier alpha value is -1.64. The van der Waals surface area contributed by atoms with Crippen LogP contribution in [0.1, 0.15) is 12.6 Å². The number of guanidine groups is 1. The van der Waals surface area contributed by atoms with E-state index in [9.17, 15) is 0 Å². The number of fused-ring (bicyclic) bond motifs is 1. The molecule has 2 rings (SSSR count). The van der Waals surface area contributed by atoms with Gasteiger partial charge in [-0.15, -0.1) is 24.0 Å². The highest BCUT2D eigenvalue weighted by Crippen LogP contribution is 2.22. The number of rotatable bonds is 3. The second-order valence-electron chi connectivity index (χ2n) is 4.00. The summed E-state index contributed by atoms with van der Waals surface area (Å²) in [4.78, 5) is 12.8. The molecule has 0 aliphatic rings. The molecule has 0 saturated heterocycles. The average molecular weight is 387 g/mol. The van der Waals surface area contributed by atoms with Gasteiger partial charge in [0.05, 0.1) is 18.3 Å². The van der Waals surface area contributed by atoms with Crippen LogP contribution in [0.5, 0.6) is 5.75 Å². The van der Waals surface area contributed by atoms with Crippen molar-refractivity contribution in [2.75, 3.05) is 19.0 Å². The molecule has 108 valence electrons. The van der Waals surface area contributed by atoms with Gasteiger partial charge in [-0.2, -0.15) is 0 Å². The third kappa shape index (κ3) is 3.69. The van der Waals surface area contributed by atoms with Crippen LogP contribution in [0.15, 0.2) is 23.2 Å². The highest BCUT2D eigenvalue weighted by atomic mass is 127. The fourth-order valence-electron chi connectivity index (χ4n) is 1.78. The smallest absolute Gasteiger partial charge is 0.230 e. The van der Waals surface area contributed by atoms with E-state index in [0.29, 0.717) is 18.5 Å². The monoisotopic (exact) mass is 387 g/mol. The minimum absolute atomic E-state index is 0. The predicted octanol–water partition coefficient (Wildman–Crippen LogP) is 2.31. The molecule has 2 aromatic rings. The van der Waals surface area contributed by atoms with E-state index >= 15 is 0 Å². The molecule has 3 N–H and O–H groups in total. The topological polar surface area (TPSA) is 85.4 Å². The van der Waals surface area contributed by atoms with Gasteiger partial charge in [0.2, 0.25) is 5.95 Å². The molecule has 0 atom stereocenters. The minimum atomic E-state index is 0. The van der Waals surface area contributed by atoms with E-state index in [1.165, 1.54) is 0 Å². The molecule has 0 unspecified atom stereocenters. The van der Waals surface area contributed by atoms with E-state index < -0.39 is 0 Å². The standard InChI is InChI=1S/C13H17N5O.HI/c1-4-15-12(14)18-13-16-8(2)10-6-5-9(19-3)7-11(10)17-13;/h5-7H,4H2,1-3H3,(H3,14,15,16,17,18);1H. The van der Waals surface area contributed by atoms with Crippen LogP contribution in [0.3, 0.4) is 0 Å². The highest BCUT2D eigenvalue weighted by Gasteiger charge is 2.06. The third-order valence-electron chi connectivity index (χ3n) is 2.66. The molecule has 0 aliphatic carbocycles. The Morgan fingerprint density at radius 2 is 2.15 bits per heavy atom. The van der Waals surface area contributed by atoms with Crippen LogP contribution in [-0.4, -0.2) is 29.6 Å². The second-order valence-corrected chi connectivity index (χ2v) is 4.00. The number of hydrogen-bond acceptors (Lipinski definition) is 4. The van der Waals surface area contributed by atoms with Crippen molar-refractivity contribution >= 4 is 46.8 Å². The number of anilines is 1. The van der Waals surface area contributed by atoms with E-state index in [1.807, 2.05) is 32.0 Å². The first-order valence-corrected chi connectivity index (χ1v) is 6.03. The Morgan fingerprint density at radius 3 is 2.80 bits per heavy atom. The highest BCUT2D eigenvalue weighted by molar-refractivity contribution is 14.0. The van der Waals surface area contributed by atoms with Crippen molar-refractivity contribution in [2.45, 2.75) is 13.8 Å². The Balaban J connectivity index is 0.00000200. The number of aliphatic imine (C=N–C) groups is 1. The predicted molar refractivity (Wildman–Crippen MR) is 92.0 cm³/mol. The first kappa shape index (κ1) is 16.4. The molecule has 1 heterocycles. The number of nitrogens with one attached hydrogen (secondary N) is 1. The van der Waals surface area contributed by atoms with Crippen LogP contribution < -0.4 is 15.8 Å². The van der Waals surface area contributed by atoms with E-state index in [4.69, 9.17) is 10.5 Å². The first-order chi connectivity index (χ1) is 9.13. The summed E-state index contributed by atoms with van der Waals surface area (Å²) in [5.74, 6) is 1.50. The molecule has 0 bridgehead atoms. The summed E-state index contributed by atoms with van der Waals surface area (Å²) in [5.41, 5.74) is 7.38. The van der Waals surface area contributed by atoms with E-state index in [0.717, 1.165) is 22.3 Å². The molecular formula is C13H18IN5O. The molecule has 20 heavy (non-hydrogen) atoms. The van der Waals surface area contributed by atoms with Crippen LogP contribution in [0.25, 0.3) is 10.9 Å². The molecule has 0 radical (unpaired) electrons. The Labute approximate surface area is 134 Å². The molecular weight excluding hydrogens is 369 g/mol. The van der Waals surface area contributed by atoms with Gasteiger partial charge in [0.15, 0.2) is 5.96 Å². The number of benzene rings is 1. The van der Waals surface area contributed by atoms with Gasteiger partial charge in [-0.3, -0.25) is 10.3 Å². The maximum Gasteiger partial charge on any atom is 0.230 e. The zero-order valence-corrected chi connectivity index (χ0v) is 14.0. The summed E-state index contributed by atoms with van der Waals surface area (Å²) in [6, 6.07) is 5.69. The molecule has 1 aromatic carbocycles. The minimum Gasteiger partial charge on any atom is -0.497 e. The first-order valence-electron chi connectivity index (χ1n) is 6.03. The number of ether oxygens (including phenoxy) is 1. The van der Waals surface area contributed by atoms with Crippen molar-refractivity contribution in [3.63, 3.8) is 0 Å². The van der Waals surface area contributed by atoms with Crippen LogP contribution in [0.2, 0.25) is 0 Å². The second kappa shape index (κ2) is 7.22. The lowest BCUT2D eigenvalue weighted by Gasteiger charge is -2.08. The van der Waals surface area contributed by atoms with E-state index in [-0.39, 0.29) is 24.0 Å².